The van der Waals surface area contributed by atoms with Crippen molar-refractivity contribution in [3.63, 3.8) is 0 Å². The largest absolute Gasteiger partial charge is 0.494 e. The summed E-state index contributed by atoms with van der Waals surface area (Å²) in [4.78, 5) is 18.4. The zero-order valence-corrected chi connectivity index (χ0v) is 14.2. The molecule has 0 N–H and O–H groups in total. The summed E-state index contributed by atoms with van der Waals surface area (Å²) in [5.41, 5.74) is 0.797. The molecule has 6 nitrogen and oxygen atoms in total. The molecule has 2 atom stereocenters. The molecule has 0 unspecified atom stereocenters. The molecule has 2 aromatic rings. The van der Waals surface area contributed by atoms with Crippen molar-refractivity contribution in [3.05, 3.63) is 18.2 Å². The molecular formula is C15H16N2O4S2. The van der Waals surface area contributed by atoms with Gasteiger partial charge in [-0.25, -0.2) is 13.4 Å². The van der Waals surface area contributed by atoms with E-state index in [2.05, 4.69) is 4.98 Å². The number of benzene rings is 1. The smallest absolute Gasteiger partial charge is 0.229 e. The highest BCUT2D eigenvalue weighted by Crippen LogP contribution is 2.40. The third kappa shape index (κ3) is 2.49. The van der Waals surface area contributed by atoms with E-state index < -0.39 is 9.84 Å². The molecule has 0 bridgehead atoms. The molecule has 0 saturated carbocycles. The lowest BCUT2D eigenvalue weighted by Gasteiger charge is -2.19. The molecule has 2 aliphatic rings. The third-order valence-corrected chi connectivity index (χ3v) is 7.14. The summed E-state index contributed by atoms with van der Waals surface area (Å²) < 4.78 is 30.1. The lowest BCUT2D eigenvalue weighted by atomic mass is 10.1. The predicted molar refractivity (Wildman–Crippen MR) is 88.8 cm³/mol. The minimum absolute atomic E-state index is 0.0287. The number of aromatic nitrogens is 1. The fourth-order valence-corrected chi connectivity index (χ4v) is 6.53. The van der Waals surface area contributed by atoms with Crippen LogP contribution in [0.1, 0.15) is 13.3 Å². The van der Waals surface area contributed by atoms with Crippen LogP contribution in [0.2, 0.25) is 0 Å². The normalized spacial score (nSPS) is 26.0. The van der Waals surface area contributed by atoms with Crippen molar-refractivity contribution in [1.82, 2.24) is 4.98 Å². The van der Waals surface area contributed by atoms with Crippen LogP contribution in [0.5, 0.6) is 5.75 Å². The van der Waals surface area contributed by atoms with E-state index in [0.717, 1.165) is 16.0 Å². The Hall–Kier alpha value is -1.67. The van der Waals surface area contributed by atoms with Crippen molar-refractivity contribution in [2.45, 2.75) is 19.4 Å². The molecule has 4 rings (SSSR count). The number of hydrogen-bond donors (Lipinski definition) is 0. The van der Waals surface area contributed by atoms with E-state index in [0.29, 0.717) is 18.2 Å². The molecule has 2 fully saturated rings. The minimum Gasteiger partial charge on any atom is -0.494 e. The first-order chi connectivity index (χ1) is 11.0. The van der Waals surface area contributed by atoms with E-state index in [9.17, 15) is 13.2 Å². The molecule has 122 valence electrons. The molecule has 8 heteroatoms. The number of amides is 1. The topological polar surface area (TPSA) is 76.6 Å². The molecule has 1 aromatic carbocycles. The molecule has 3 heterocycles. The van der Waals surface area contributed by atoms with Gasteiger partial charge < -0.3 is 4.74 Å². The van der Waals surface area contributed by atoms with E-state index in [-0.39, 0.29) is 29.4 Å². The van der Waals surface area contributed by atoms with Crippen molar-refractivity contribution in [3.8, 4) is 5.75 Å². The van der Waals surface area contributed by atoms with Crippen molar-refractivity contribution in [1.29, 1.82) is 0 Å². The van der Waals surface area contributed by atoms with Gasteiger partial charge in [-0.2, -0.15) is 0 Å². The van der Waals surface area contributed by atoms with Crippen LogP contribution in [0.3, 0.4) is 0 Å². The lowest BCUT2D eigenvalue weighted by Crippen LogP contribution is -2.36. The van der Waals surface area contributed by atoms with Gasteiger partial charge in [-0.3, -0.25) is 9.69 Å². The van der Waals surface area contributed by atoms with Crippen molar-refractivity contribution < 1.29 is 17.9 Å². The van der Waals surface area contributed by atoms with Gasteiger partial charge in [0.05, 0.1) is 34.4 Å². The zero-order valence-electron chi connectivity index (χ0n) is 12.6. The summed E-state index contributed by atoms with van der Waals surface area (Å²) in [6.45, 7) is 2.51. The molecule has 23 heavy (non-hydrogen) atoms. The number of anilines is 1. The molecule has 1 amide bonds. The van der Waals surface area contributed by atoms with E-state index >= 15 is 0 Å². The standard InChI is InChI=1S/C15H16N2O4S2/c1-2-21-10-3-4-11-13(6-10)22-15(16-11)17-12-8-23(19,20)7-9(12)5-14(17)18/h3-4,6,9,12H,2,5,7-8H2,1H3/t9-,12+/m1/s1. The van der Waals surface area contributed by atoms with Crippen LogP contribution in [0.15, 0.2) is 18.2 Å². The number of rotatable bonds is 3. The number of fused-ring (bicyclic) bond motifs is 2. The second-order valence-corrected chi connectivity index (χ2v) is 9.09. The Labute approximate surface area is 138 Å². The molecule has 2 saturated heterocycles. The van der Waals surface area contributed by atoms with Gasteiger partial charge in [-0.15, -0.1) is 0 Å². The van der Waals surface area contributed by atoms with Gasteiger partial charge >= 0.3 is 0 Å². The number of carbonyl (C=O) groups excluding carboxylic acids is 1. The number of nitrogens with zero attached hydrogens (tertiary/aromatic N) is 2. The fraction of sp³-hybridized carbons (Fsp3) is 0.467. The average Bonchev–Trinajstić information content (AvgIpc) is 3.07. The van der Waals surface area contributed by atoms with Gasteiger partial charge in [0.1, 0.15) is 5.75 Å². The van der Waals surface area contributed by atoms with Gasteiger partial charge in [-0.05, 0) is 25.1 Å². The minimum atomic E-state index is -3.05. The van der Waals surface area contributed by atoms with E-state index in [1.807, 2.05) is 25.1 Å². The second-order valence-electron chi connectivity index (χ2n) is 5.93. The zero-order chi connectivity index (χ0) is 16.2. The summed E-state index contributed by atoms with van der Waals surface area (Å²) in [5.74, 6) is 0.796. The fourth-order valence-electron chi connectivity index (χ4n) is 3.39. The summed E-state index contributed by atoms with van der Waals surface area (Å²) in [6.07, 6.45) is 0.296. The molecule has 0 radical (unpaired) electrons. The lowest BCUT2D eigenvalue weighted by molar-refractivity contribution is -0.117. The van der Waals surface area contributed by atoms with Crippen molar-refractivity contribution >= 4 is 42.4 Å². The molecule has 0 aliphatic carbocycles. The summed E-state index contributed by atoms with van der Waals surface area (Å²) in [6, 6.07) is 5.36. The van der Waals surface area contributed by atoms with Crippen molar-refractivity contribution in [2.75, 3.05) is 23.0 Å². The van der Waals surface area contributed by atoms with Crippen LogP contribution in [-0.4, -0.2) is 43.5 Å². The first-order valence-corrected chi connectivity index (χ1v) is 10.2. The number of ether oxygens (including phenoxy) is 1. The maximum absolute atomic E-state index is 12.3. The molecule has 2 aliphatic heterocycles. The Kier molecular flexibility index (Phi) is 3.35. The van der Waals surface area contributed by atoms with Gasteiger partial charge in [-0.1, -0.05) is 11.3 Å². The van der Waals surface area contributed by atoms with Gasteiger partial charge in [0, 0.05) is 12.3 Å². The van der Waals surface area contributed by atoms with Crippen molar-refractivity contribution in [2.24, 2.45) is 5.92 Å². The molecule has 0 spiro atoms. The number of carbonyl (C=O) groups is 1. The van der Waals surface area contributed by atoms with Crippen LogP contribution >= 0.6 is 11.3 Å². The molecular weight excluding hydrogens is 336 g/mol. The maximum atomic E-state index is 12.3. The average molecular weight is 352 g/mol. The van der Waals surface area contributed by atoms with Crippen LogP contribution in [-0.2, 0) is 14.6 Å². The van der Waals surface area contributed by atoms with Gasteiger partial charge in [0.25, 0.3) is 0 Å². The third-order valence-electron chi connectivity index (χ3n) is 4.34. The van der Waals surface area contributed by atoms with Crippen LogP contribution in [0.4, 0.5) is 5.13 Å². The summed E-state index contributed by atoms with van der Waals surface area (Å²) in [7, 11) is -3.05. The van der Waals surface area contributed by atoms with Gasteiger partial charge in [0.15, 0.2) is 15.0 Å². The highest BCUT2D eigenvalue weighted by Gasteiger charge is 2.50. The van der Waals surface area contributed by atoms with Gasteiger partial charge in [0.2, 0.25) is 5.91 Å². The quantitative estimate of drug-likeness (QED) is 0.842. The van der Waals surface area contributed by atoms with Crippen LogP contribution in [0, 0.1) is 5.92 Å². The highest BCUT2D eigenvalue weighted by molar-refractivity contribution is 7.91. The Bertz CT molecular complexity index is 890. The molecule has 1 aromatic heterocycles. The summed E-state index contributed by atoms with van der Waals surface area (Å²) in [5, 5.41) is 0.586. The monoisotopic (exact) mass is 352 g/mol. The first kappa shape index (κ1) is 14.9. The van der Waals surface area contributed by atoms with E-state index in [1.54, 1.807) is 4.90 Å². The SMILES string of the molecule is CCOc1ccc2nc(N3C(=O)C[C@@H]4CS(=O)(=O)C[C@@H]43)sc2c1. The van der Waals surface area contributed by atoms with E-state index in [1.165, 1.54) is 11.3 Å². The van der Waals surface area contributed by atoms with E-state index in [4.69, 9.17) is 4.74 Å². The predicted octanol–water partition coefficient (Wildman–Crippen LogP) is 1.84. The summed E-state index contributed by atoms with van der Waals surface area (Å²) >= 11 is 1.41. The number of thiazole rings is 1. The Morgan fingerprint density at radius 1 is 1.39 bits per heavy atom. The number of sulfone groups is 1. The maximum Gasteiger partial charge on any atom is 0.229 e. The Morgan fingerprint density at radius 2 is 2.22 bits per heavy atom. The van der Waals surface area contributed by atoms with Crippen LogP contribution < -0.4 is 9.64 Å². The number of hydrogen-bond acceptors (Lipinski definition) is 6. The first-order valence-electron chi connectivity index (χ1n) is 7.53. The second kappa shape index (κ2) is 5.17. The Balaban J connectivity index is 1.72. The highest BCUT2D eigenvalue weighted by atomic mass is 32.2. The van der Waals surface area contributed by atoms with Crippen LogP contribution in [0.25, 0.3) is 10.2 Å². The Morgan fingerprint density at radius 3 is 3.00 bits per heavy atom.